The summed E-state index contributed by atoms with van der Waals surface area (Å²) in [6, 6.07) is 1.84. The molecular formula is C15H18ClN3O4. The average Bonchev–Trinajstić information content (AvgIpc) is 3.09. The number of ether oxygens (including phenoxy) is 3. The molecule has 2 aromatic rings. The molecule has 0 spiro atoms. The number of halogens is 1. The Morgan fingerprint density at radius 1 is 1.30 bits per heavy atom. The van der Waals surface area contributed by atoms with Gasteiger partial charge in [-0.15, -0.1) is 0 Å². The van der Waals surface area contributed by atoms with Crippen LogP contribution in [0.5, 0.6) is 0 Å². The van der Waals surface area contributed by atoms with E-state index in [2.05, 4.69) is 9.97 Å². The van der Waals surface area contributed by atoms with E-state index in [1.807, 2.05) is 30.7 Å². The Labute approximate surface area is 138 Å². The maximum absolute atomic E-state index is 10.0. The van der Waals surface area contributed by atoms with Gasteiger partial charge in [0.2, 0.25) is 0 Å². The number of fused-ring (bicyclic) bond motifs is 2. The van der Waals surface area contributed by atoms with Crippen LogP contribution in [0.3, 0.4) is 0 Å². The average molecular weight is 340 g/mol. The highest BCUT2D eigenvalue weighted by atomic mass is 35.5. The molecule has 0 amide bonds. The van der Waals surface area contributed by atoms with Gasteiger partial charge in [0.1, 0.15) is 35.4 Å². The van der Waals surface area contributed by atoms with Crippen molar-refractivity contribution < 1.29 is 19.3 Å². The van der Waals surface area contributed by atoms with Gasteiger partial charge in [0, 0.05) is 6.20 Å². The van der Waals surface area contributed by atoms with Gasteiger partial charge in [-0.05, 0) is 26.8 Å². The van der Waals surface area contributed by atoms with E-state index in [1.54, 1.807) is 6.92 Å². The molecule has 2 aliphatic rings. The first kappa shape index (κ1) is 15.3. The molecule has 4 heterocycles. The number of nitrogens with zero attached hydrogens (tertiary/aromatic N) is 3. The molecule has 2 saturated heterocycles. The maximum Gasteiger partial charge on any atom is 0.164 e. The molecule has 7 nitrogen and oxygen atoms in total. The van der Waals surface area contributed by atoms with Crippen LogP contribution >= 0.6 is 11.6 Å². The van der Waals surface area contributed by atoms with Crippen molar-refractivity contribution in [2.45, 2.75) is 57.2 Å². The fraction of sp³-hybridized carbons (Fsp3) is 0.600. The van der Waals surface area contributed by atoms with Crippen molar-refractivity contribution in [3.63, 3.8) is 0 Å². The molecule has 4 rings (SSSR count). The van der Waals surface area contributed by atoms with E-state index >= 15 is 0 Å². The Morgan fingerprint density at radius 3 is 2.78 bits per heavy atom. The van der Waals surface area contributed by atoms with Crippen LogP contribution in [-0.4, -0.2) is 49.8 Å². The molecule has 0 aliphatic carbocycles. The molecule has 0 bridgehead atoms. The van der Waals surface area contributed by atoms with Crippen molar-refractivity contribution in [3.05, 3.63) is 23.7 Å². The van der Waals surface area contributed by atoms with Gasteiger partial charge in [-0.2, -0.15) is 0 Å². The topological polar surface area (TPSA) is 78.6 Å². The third kappa shape index (κ3) is 2.35. The normalized spacial score (nSPS) is 34.0. The highest BCUT2D eigenvalue weighted by molar-refractivity contribution is 6.33. The summed E-state index contributed by atoms with van der Waals surface area (Å²) in [5.74, 6) is -0.722. The van der Waals surface area contributed by atoms with Crippen molar-refractivity contribution in [1.82, 2.24) is 14.5 Å². The van der Waals surface area contributed by atoms with Crippen LogP contribution in [0.15, 0.2) is 18.6 Å². The SMILES string of the molecule is CC(O)[C@H]1O[C@@H](n2ccc3c(Cl)ncnc32)[C@@H]2OC(C)(C)O[C@@H]21. The minimum atomic E-state index is -0.722. The molecule has 0 radical (unpaired) electrons. The Morgan fingerprint density at radius 2 is 2.04 bits per heavy atom. The Bertz CT molecular complexity index is 747. The first-order valence-corrected chi connectivity index (χ1v) is 7.91. The molecule has 5 atom stereocenters. The molecule has 2 aromatic heterocycles. The lowest BCUT2D eigenvalue weighted by Gasteiger charge is -2.25. The number of aliphatic hydroxyl groups excluding tert-OH is 1. The van der Waals surface area contributed by atoms with Gasteiger partial charge in [0.05, 0.1) is 11.5 Å². The molecular weight excluding hydrogens is 322 g/mol. The lowest BCUT2D eigenvalue weighted by Crippen LogP contribution is -2.36. The van der Waals surface area contributed by atoms with Gasteiger partial charge in [0.15, 0.2) is 12.0 Å². The zero-order valence-electron chi connectivity index (χ0n) is 13.0. The Hall–Kier alpha value is -1.25. The first-order valence-electron chi connectivity index (χ1n) is 7.53. The summed E-state index contributed by atoms with van der Waals surface area (Å²) < 4.78 is 19.8. The Balaban J connectivity index is 1.77. The highest BCUT2D eigenvalue weighted by Crippen LogP contribution is 2.44. The molecule has 124 valence electrons. The summed E-state index contributed by atoms with van der Waals surface area (Å²) in [5, 5.41) is 11.2. The quantitative estimate of drug-likeness (QED) is 0.842. The minimum absolute atomic E-state index is 0.339. The largest absolute Gasteiger partial charge is 0.391 e. The first-order chi connectivity index (χ1) is 10.9. The van der Waals surface area contributed by atoms with Crippen LogP contribution in [0.1, 0.15) is 27.0 Å². The zero-order chi connectivity index (χ0) is 16.4. The van der Waals surface area contributed by atoms with Crippen LogP contribution in [0.25, 0.3) is 11.0 Å². The van der Waals surface area contributed by atoms with Gasteiger partial charge in [-0.3, -0.25) is 0 Å². The predicted octanol–water partition coefficient (Wildman–Crippen LogP) is 1.88. The summed E-state index contributed by atoms with van der Waals surface area (Å²) >= 11 is 6.11. The maximum atomic E-state index is 10.0. The Kier molecular flexibility index (Phi) is 3.40. The van der Waals surface area contributed by atoms with Crippen LogP contribution in [0.2, 0.25) is 5.15 Å². The van der Waals surface area contributed by atoms with Gasteiger partial charge in [-0.25, -0.2) is 9.97 Å². The molecule has 8 heteroatoms. The standard InChI is InChI=1S/C15H18ClN3O4/c1-7(20)9-10-11(23-15(2,3)22-10)14(21-9)19-5-4-8-12(16)17-6-18-13(8)19/h4-7,9-11,14,20H,1-3H3/t7?,9-,10-,11-,14-/m1/s1. The number of hydrogen-bond donors (Lipinski definition) is 1. The number of aliphatic hydroxyl groups is 1. The van der Waals surface area contributed by atoms with Crippen LogP contribution in [-0.2, 0) is 14.2 Å². The van der Waals surface area contributed by atoms with Crippen LogP contribution in [0.4, 0.5) is 0 Å². The fourth-order valence-electron chi connectivity index (χ4n) is 3.37. The van der Waals surface area contributed by atoms with Gasteiger partial charge in [0.25, 0.3) is 0 Å². The minimum Gasteiger partial charge on any atom is -0.391 e. The van der Waals surface area contributed by atoms with Gasteiger partial charge < -0.3 is 23.9 Å². The summed E-state index contributed by atoms with van der Waals surface area (Å²) in [4.78, 5) is 8.28. The summed E-state index contributed by atoms with van der Waals surface area (Å²) in [5.41, 5.74) is 0.660. The second-order valence-corrected chi connectivity index (χ2v) is 6.78. The molecule has 0 aromatic carbocycles. The van der Waals surface area contributed by atoms with E-state index < -0.39 is 24.2 Å². The smallest absolute Gasteiger partial charge is 0.164 e. The van der Waals surface area contributed by atoms with Crippen molar-refractivity contribution >= 4 is 22.6 Å². The number of aromatic nitrogens is 3. The van der Waals surface area contributed by atoms with Crippen molar-refractivity contribution in [1.29, 1.82) is 0 Å². The highest BCUT2D eigenvalue weighted by Gasteiger charge is 2.57. The predicted molar refractivity (Wildman–Crippen MR) is 82.0 cm³/mol. The van der Waals surface area contributed by atoms with Gasteiger partial charge in [-0.1, -0.05) is 11.6 Å². The molecule has 2 fully saturated rings. The lowest BCUT2D eigenvalue weighted by atomic mass is 10.1. The van der Waals surface area contributed by atoms with E-state index in [9.17, 15) is 5.11 Å². The van der Waals surface area contributed by atoms with Crippen molar-refractivity contribution in [2.24, 2.45) is 0 Å². The molecule has 1 unspecified atom stereocenters. The molecule has 1 N–H and O–H groups in total. The van der Waals surface area contributed by atoms with Crippen LogP contribution < -0.4 is 0 Å². The monoisotopic (exact) mass is 339 g/mol. The van der Waals surface area contributed by atoms with E-state index in [4.69, 9.17) is 25.8 Å². The van der Waals surface area contributed by atoms with Crippen LogP contribution in [0, 0.1) is 0 Å². The molecule has 0 saturated carbocycles. The van der Waals surface area contributed by atoms with Crippen molar-refractivity contribution in [2.75, 3.05) is 0 Å². The second kappa shape index (κ2) is 5.12. The third-order valence-corrected chi connectivity index (χ3v) is 4.58. The molecule has 2 aliphatic heterocycles. The van der Waals surface area contributed by atoms with E-state index in [0.29, 0.717) is 10.8 Å². The number of rotatable bonds is 2. The van der Waals surface area contributed by atoms with E-state index in [1.165, 1.54) is 6.33 Å². The van der Waals surface area contributed by atoms with E-state index in [0.717, 1.165) is 5.39 Å². The summed E-state index contributed by atoms with van der Waals surface area (Å²) in [6.45, 7) is 5.40. The summed E-state index contributed by atoms with van der Waals surface area (Å²) in [6.07, 6.45) is 0.969. The number of hydrogen-bond acceptors (Lipinski definition) is 6. The molecule has 23 heavy (non-hydrogen) atoms. The van der Waals surface area contributed by atoms with E-state index in [-0.39, 0.29) is 12.2 Å². The summed E-state index contributed by atoms with van der Waals surface area (Å²) in [7, 11) is 0. The zero-order valence-corrected chi connectivity index (χ0v) is 13.8. The second-order valence-electron chi connectivity index (χ2n) is 6.42. The lowest BCUT2D eigenvalue weighted by molar-refractivity contribution is -0.205. The fourth-order valence-corrected chi connectivity index (χ4v) is 3.56. The third-order valence-electron chi connectivity index (χ3n) is 4.28. The van der Waals surface area contributed by atoms with Crippen molar-refractivity contribution in [3.8, 4) is 0 Å². The van der Waals surface area contributed by atoms with Gasteiger partial charge >= 0.3 is 0 Å².